The van der Waals surface area contributed by atoms with E-state index in [1.165, 1.54) is 4.88 Å². The first-order valence-electron chi connectivity index (χ1n) is 10.6. The molecule has 160 valence electrons. The molecule has 0 amide bonds. The van der Waals surface area contributed by atoms with Crippen molar-refractivity contribution in [3.05, 3.63) is 74.9 Å². The van der Waals surface area contributed by atoms with Crippen molar-refractivity contribution in [3.8, 4) is 6.07 Å². The number of nitrogens with two attached hydrogens (primary N) is 1. The first kappa shape index (κ1) is 21.4. The fraction of sp³-hybridized carbons (Fsp3) is 0.385. The molecule has 2 aromatic rings. The Morgan fingerprint density at radius 2 is 1.81 bits per heavy atom. The molecule has 0 saturated heterocycles. The fourth-order valence-electron chi connectivity index (χ4n) is 4.58. The summed E-state index contributed by atoms with van der Waals surface area (Å²) in [6.07, 6.45) is 1.21. The number of allylic oxidation sites excluding steroid dienone is 3. The molecule has 0 saturated carbocycles. The highest BCUT2D eigenvalue weighted by Crippen LogP contribution is 2.51. The molecule has 2 N–H and O–H groups in total. The van der Waals surface area contributed by atoms with Crippen LogP contribution in [0.25, 0.3) is 0 Å². The minimum absolute atomic E-state index is 0.00546. The minimum atomic E-state index is -0.398. The molecular formula is C26H29N3OS. The molecule has 0 radical (unpaired) electrons. The Bertz CT molecular complexity index is 1140. The van der Waals surface area contributed by atoms with Gasteiger partial charge in [0.25, 0.3) is 0 Å². The maximum Gasteiger partial charge on any atom is 0.162 e. The summed E-state index contributed by atoms with van der Waals surface area (Å²) in [5, 5.41) is 10.2. The number of hydrogen-bond donors (Lipinski definition) is 1. The van der Waals surface area contributed by atoms with E-state index in [1.54, 1.807) is 11.3 Å². The maximum absolute atomic E-state index is 13.5. The summed E-state index contributed by atoms with van der Waals surface area (Å²) in [5.74, 6) is 0.140. The Morgan fingerprint density at radius 1 is 1.13 bits per heavy atom. The van der Waals surface area contributed by atoms with Gasteiger partial charge in [0, 0.05) is 33.1 Å². The van der Waals surface area contributed by atoms with Crippen LogP contribution < -0.4 is 10.6 Å². The predicted octanol–water partition coefficient (Wildman–Crippen LogP) is 5.99. The van der Waals surface area contributed by atoms with Crippen molar-refractivity contribution >= 4 is 22.8 Å². The zero-order valence-corrected chi connectivity index (χ0v) is 19.6. The SMILES string of the molecule is CC1(C)CC(=O)C2=C(C1)N(c1ccccc1)C(N)=C(C#N)C2c1ccc(C(C)(C)C)s1. The first-order valence-corrected chi connectivity index (χ1v) is 11.5. The standard InChI is InChI=1S/C26H29N3OS/c1-25(2,3)21-12-11-20(31-21)22-17(15-27)24(28)29(16-9-7-6-8-10-16)18-13-26(4,5)14-19(30)23(18)22/h6-12,22H,13-14,28H2,1-5H3. The number of Topliss-reactive ketones (excluding diaryl/α,β-unsaturated/α-hetero) is 1. The van der Waals surface area contributed by atoms with Gasteiger partial charge in [-0.2, -0.15) is 5.26 Å². The van der Waals surface area contributed by atoms with Crippen LogP contribution in [0, 0.1) is 16.7 Å². The van der Waals surface area contributed by atoms with Crippen molar-refractivity contribution in [2.45, 2.75) is 58.8 Å². The van der Waals surface area contributed by atoms with Gasteiger partial charge in [0.1, 0.15) is 5.82 Å². The van der Waals surface area contributed by atoms with Gasteiger partial charge in [-0.25, -0.2) is 0 Å². The van der Waals surface area contributed by atoms with E-state index in [9.17, 15) is 10.1 Å². The summed E-state index contributed by atoms with van der Waals surface area (Å²) in [7, 11) is 0. The van der Waals surface area contributed by atoms with E-state index in [-0.39, 0.29) is 16.6 Å². The van der Waals surface area contributed by atoms with Crippen LogP contribution in [-0.2, 0) is 10.2 Å². The number of ketones is 1. The average Bonchev–Trinajstić information content (AvgIpc) is 3.17. The molecule has 1 aliphatic heterocycles. The van der Waals surface area contributed by atoms with Gasteiger partial charge in [-0.3, -0.25) is 9.69 Å². The van der Waals surface area contributed by atoms with Crippen LogP contribution in [0.2, 0.25) is 0 Å². The van der Waals surface area contributed by atoms with Crippen LogP contribution in [0.5, 0.6) is 0 Å². The minimum Gasteiger partial charge on any atom is -0.384 e. The molecule has 1 atom stereocenters. The Hall–Kier alpha value is -2.84. The monoisotopic (exact) mass is 431 g/mol. The highest BCUT2D eigenvalue weighted by atomic mass is 32.1. The molecule has 0 fully saturated rings. The molecule has 4 nitrogen and oxygen atoms in total. The molecule has 1 aromatic carbocycles. The number of hydrogen-bond acceptors (Lipinski definition) is 5. The number of anilines is 1. The fourth-order valence-corrected chi connectivity index (χ4v) is 5.76. The maximum atomic E-state index is 13.5. The molecule has 1 aliphatic carbocycles. The Kier molecular flexibility index (Phi) is 5.10. The van der Waals surface area contributed by atoms with Gasteiger partial charge in [0.05, 0.1) is 17.6 Å². The van der Waals surface area contributed by atoms with Crippen LogP contribution in [0.1, 0.15) is 63.1 Å². The lowest BCUT2D eigenvalue weighted by Crippen LogP contribution is -2.42. The molecule has 0 bridgehead atoms. The Labute approximate surface area is 188 Å². The first-order chi connectivity index (χ1) is 14.5. The van der Waals surface area contributed by atoms with E-state index in [1.807, 2.05) is 35.2 Å². The van der Waals surface area contributed by atoms with Gasteiger partial charge in [-0.15, -0.1) is 11.3 Å². The molecule has 2 heterocycles. The zero-order valence-electron chi connectivity index (χ0n) is 18.8. The van der Waals surface area contributed by atoms with Crippen molar-refractivity contribution in [2.24, 2.45) is 11.1 Å². The number of para-hydroxylation sites is 1. The predicted molar refractivity (Wildman–Crippen MR) is 127 cm³/mol. The number of benzene rings is 1. The van der Waals surface area contributed by atoms with Crippen LogP contribution >= 0.6 is 11.3 Å². The van der Waals surface area contributed by atoms with Gasteiger partial charge in [-0.05, 0) is 41.5 Å². The highest BCUT2D eigenvalue weighted by Gasteiger charge is 2.45. The second-order valence-corrected chi connectivity index (χ2v) is 11.4. The second kappa shape index (κ2) is 7.39. The Balaban J connectivity index is 1.97. The number of rotatable bonds is 2. The summed E-state index contributed by atoms with van der Waals surface area (Å²) in [6.45, 7) is 10.8. The third-order valence-corrected chi connectivity index (χ3v) is 7.62. The topological polar surface area (TPSA) is 70.1 Å². The molecular weight excluding hydrogens is 402 g/mol. The lowest BCUT2D eigenvalue weighted by Gasteiger charge is -2.43. The summed E-state index contributed by atoms with van der Waals surface area (Å²) in [4.78, 5) is 17.7. The van der Waals surface area contributed by atoms with Crippen molar-refractivity contribution in [1.82, 2.24) is 0 Å². The second-order valence-electron chi connectivity index (χ2n) is 10.3. The van der Waals surface area contributed by atoms with Crippen LogP contribution in [0.15, 0.2) is 65.1 Å². The molecule has 1 aromatic heterocycles. The molecule has 2 aliphatic rings. The average molecular weight is 432 g/mol. The molecule has 31 heavy (non-hydrogen) atoms. The van der Waals surface area contributed by atoms with E-state index in [0.717, 1.165) is 28.3 Å². The highest BCUT2D eigenvalue weighted by molar-refractivity contribution is 7.12. The van der Waals surface area contributed by atoms with Crippen LogP contribution in [0.4, 0.5) is 5.69 Å². The largest absolute Gasteiger partial charge is 0.384 e. The van der Waals surface area contributed by atoms with Gasteiger partial charge in [-0.1, -0.05) is 52.8 Å². The van der Waals surface area contributed by atoms with E-state index in [0.29, 0.717) is 17.8 Å². The summed E-state index contributed by atoms with van der Waals surface area (Å²) >= 11 is 1.68. The third kappa shape index (κ3) is 3.70. The van der Waals surface area contributed by atoms with Crippen LogP contribution in [0.3, 0.4) is 0 Å². The molecule has 0 spiro atoms. The van der Waals surface area contributed by atoms with Gasteiger partial charge >= 0.3 is 0 Å². The number of carbonyl (C=O) groups is 1. The normalized spacial score (nSPS) is 21.2. The smallest absolute Gasteiger partial charge is 0.162 e. The van der Waals surface area contributed by atoms with E-state index >= 15 is 0 Å². The van der Waals surface area contributed by atoms with Crippen molar-refractivity contribution < 1.29 is 4.79 Å². The summed E-state index contributed by atoms with van der Waals surface area (Å²) in [6, 6.07) is 16.3. The molecule has 1 unspecified atom stereocenters. The van der Waals surface area contributed by atoms with Crippen molar-refractivity contribution in [2.75, 3.05) is 4.90 Å². The lowest BCUT2D eigenvalue weighted by atomic mass is 9.69. The lowest BCUT2D eigenvalue weighted by molar-refractivity contribution is -0.118. The van der Waals surface area contributed by atoms with Gasteiger partial charge in [0.15, 0.2) is 5.78 Å². The summed E-state index contributed by atoms with van der Waals surface area (Å²) < 4.78 is 0. The van der Waals surface area contributed by atoms with Crippen LogP contribution in [-0.4, -0.2) is 5.78 Å². The number of nitriles is 1. The summed E-state index contributed by atoms with van der Waals surface area (Å²) in [5.41, 5.74) is 9.51. The number of nitrogens with zero attached hydrogens (tertiary/aromatic N) is 2. The van der Waals surface area contributed by atoms with Crippen molar-refractivity contribution in [3.63, 3.8) is 0 Å². The third-order valence-electron chi connectivity index (χ3n) is 6.05. The quantitative estimate of drug-likeness (QED) is 0.634. The van der Waals surface area contributed by atoms with E-state index in [4.69, 9.17) is 5.73 Å². The number of thiophene rings is 1. The van der Waals surface area contributed by atoms with Crippen molar-refractivity contribution in [1.29, 1.82) is 5.26 Å². The molecule has 4 rings (SSSR count). The molecule has 5 heteroatoms. The Morgan fingerprint density at radius 3 is 2.39 bits per heavy atom. The van der Waals surface area contributed by atoms with Gasteiger partial charge < -0.3 is 5.73 Å². The zero-order chi connectivity index (χ0) is 22.6. The van der Waals surface area contributed by atoms with E-state index < -0.39 is 5.92 Å². The number of carbonyl (C=O) groups excluding carboxylic acids is 1. The van der Waals surface area contributed by atoms with Gasteiger partial charge in [0.2, 0.25) is 0 Å². The van der Waals surface area contributed by atoms with E-state index in [2.05, 4.69) is 52.8 Å².